The van der Waals surface area contributed by atoms with Crippen molar-refractivity contribution in [2.75, 3.05) is 19.6 Å². The molecule has 25 heavy (non-hydrogen) atoms. The first-order valence-corrected chi connectivity index (χ1v) is 8.46. The van der Waals surface area contributed by atoms with Gasteiger partial charge in [0.1, 0.15) is 10.8 Å². The van der Waals surface area contributed by atoms with Crippen LogP contribution in [0.2, 0.25) is 0 Å². The molecule has 7 nitrogen and oxygen atoms in total. The van der Waals surface area contributed by atoms with Gasteiger partial charge in [0, 0.05) is 24.0 Å². The first-order chi connectivity index (χ1) is 12.0. The fourth-order valence-electron chi connectivity index (χ4n) is 2.36. The molecular weight excluding hydrogens is 347 g/mol. The molecule has 2 heterocycles. The van der Waals surface area contributed by atoms with E-state index in [0.717, 1.165) is 4.90 Å². The lowest BCUT2D eigenvalue weighted by atomic mass is 10.2. The number of rotatable bonds is 6. The molecule has 1 aromatic carbocycles. The Labute approximate surface area is 146 Å². The molecule has 1 fully saturated rings. The minimum atomic E-state index is -0.446. The molecule has 0 bridgehead atoms. The molecule has 0 atom stereocenters. The molecule has 3 rings (SSSR count). The Balaban J connectivity index is 1.50. The second-order valence-electron chi connectivity index (χ2n) is 5.39. The van der Waals surface area contributed by atoms with Crippen LogP contribution in [0.15, 0.2) is 29.6 Å². The molecule has 0 unspecified atom stereocenters. The van der Waals surface area contributed by atoms with Crippen molar-refractivity contribution in [1.82, 2.24) is 20.5 Å². The molecule has 1 aliphatic heterocycles. The van der Waals surface area contributed by atoms with Crippen LogP contribution in [-0.4, -0.2) is 47.4 Å². The normalized spacial score (nSPS) is 13.9. The number of imide groups is 1. The van der Waals surface area contributed by atoms with Crippen molar-refractivity contribution in [1.29, 1.82) is 0 Å². The van der Waals surface area contributed by atoms with Crippen molar-refractivity contribution < 1.29 is 18.8 Å². The van der Waals surface area contributed by atoms with Crippen LogP contribution >= 0.6 is 11.3 Å². The summed E-state index contributed by atoms with van der Waals surface area (Å²) in [6.07, 6.45) is 0.0754. The van der Waals surface area contributed by atoms with E-state index in [1.54, 1.807) is 17.5 Å². The summed E-state index contributed by atoms with van der Waals surface area (Å²) in [5.41, 5.74) is 1.24. The largest absolute Gasteiger partial charge is 0.354 e. The molecule has 9 heteroatoms. The summed E-state index contributed by atoms with van der Waals surface area (Å²) in [4.78, 5) is 40.1. The fourth-order valence-corrected chi connectivity index (χ4v) is 3.17. The van der Waals surface area contributed by atoms with E-state index in [0.29, 0.717) is 16.3 Å². The number of hydrogen-bond donors (Lipinski definition) is 2. The van der Waals surface area contributed by atoms with E-state index >= 15 is 0 Å². The summed E-state index contributed by atoms with van der Waals surface area (Å²) in [7, 11) is 0. The minimum Gasteiger partial charge on any atom is -0.354 e. The number of nitrogens with one attached hydrogen (secondary N) is 2. The Bertz CT molecular complexity index is 807. The zero-order chi connectivity index (χ0) is 17.8. The zero-order valence-corrected chi connectivity index (χ0v) is 13.9. The average molecular weight is 362 g/mol. The van der Waals surface area contributed by atoms with E-state index in [1.807, 2.05) is 0 Å². The van der Waals surface area contributed by atoms with E-state index < -0.39 is 6.03 Å². The van der Waals surface area contributed by atoms with Gasteiger partial charge in [-0.2, -0.15) is 0 Å². The maximum atomic E-state index is 13.2. The highest BCUT2D eigenvalue weighted by Crippen LogP contribution is 2.24. The van der Waals surface area contributed by atoms with Crippen molar-refractivity contribution in [2.45, 2.75) is 6.42 Å². The molecule has 130 valence electrons. The van der Waals surface area contributed by atoms with Gasteiger partial charge in [0.2, 0.25) is 11.8 Å². The summed E-state index contributed by atoms with van der Waals surface area (Å²) < 4.78 is 13.2. The lowest BCUT2D eigenvalue weighted by Gasteiger charge is -2.12. The molecule has 2 N–H and O–H groups in total. The lowest BCUT2D eigenvalue weighted by Crippen LogP contribution is -2.39. The number of carbonyl (C=O) groups is 3. The number of urea groups is 1. The molecule has 1 saturated heterocycles. The monoisotopic (exact) mass is 362 g/mol. The van der Waals surface area contributed by atoms with Gasteiger partial charge in [-0.1, -0.05) is 12.1 Å². The highest BCUT2D eigenvalue weighted by Gasteiger charge is 2.27. The molecule has 1 aliphatic rings. The third kappa shape index (κ3) is 4.18. The first-order valence-electron chi connectivity index (χ1n) is 7.58. The second-order valence-corrected chi connectivity index (χ2v) is 6.24. The van der Waals surface area contributed by atoms with Crippen molar-refractivity contribution >= 4 is 29.2 Å². The summed E-state index contributed by atoms with van der Waals surface area (Å²) in [5, 5.41) is 7.45. The third-order valence-corrected chi connectivity index (χ3v) is 4.50. The Morgan fingerprint density at radius 2 is 2.24 bits per heavy atom. The summed E-state index contributed by atoms with van der Waals surface area (Å²) in [6, 6.07) is 5.66. The maximum absolute atomic E-state index is 13.2. The van der Waals surface area contributed by atoms with Crippen LogP contribution in [0.1, 0.15) is 5.69 Å². The SMILES string of the molecule is O=C(Cc1csc(-c2cccc(F)c2)n1)NCCN1C(=O)CNC1=O. The van der Waals surface area contributed by atoms with Gasteiger partial charge in [-0.25, -0.2) is 14.2 Å². The van der Waals surface area contributed by atoms with Gasteiger partial charge < -0.3 is 10.6 Å². The number of thiazole rings is 1. The topological polar surface area (TPSA) is 91.4 Å². The van der Waals surface area contributed by atoms with Crippen LogP contribution < -0.4 is 10.6 Å². The fraction of sp³-hybridized carbons (Fsp3) is 0.250. The molecule has 0 aliphatic carbocycles. The van der Waals surface area contributed by atoms with Crippen molar-refractivity contribution in [3.05, 3.63) is 41.2 Å². The van der Waals surface area contributed by atoms with Crippen LogP contribution in [0.25, 0.3) is 10.6 Å². The smallest absolute Gasteiger partial charge is 0.324 e. The van der Waals surface area contributed by atoms with Crippen LogP contribution in [0, 0.1) is 5.82 Å². The van der Waals surface area contributed by atoms with Crippen LogP contribution in [0.4, 0.5) is 9.18 Å². The Morgan fingerprint density at radius 3 is 2.96 bits per heavy atom. The van der Waals surface area contributed by atoms with Crippen LogP contribution in [0.5, 0.6) is 0 Å². The minimum absolute atomic E-state index is 0.00550. The third-order valence-electron chi connectivity index (χ3n) is 3.56. The molecule has 2 aromatic rings. The van der Waals surface area contributed by atoms with Crippen molar-refractivity contribution in [2.24, 2.45) is 0 Å². The molecule has 4 amide bonds. The van der Waals surface area contributed by atoms with E-state index in [9.17, 15) is 18.8 Å². The number of nitrogens with zero attached hydrogens (tertiary/aromatic N) is 2. The molecular formula is C16H15FN4O3S. The van der Waals surface area contributed by atoms with Gasteiger partial charge in [0.15, 0.2) is 0 Å². The summed E-state index contributed by atoms with van der Waals surface area (Å²) in [6.45, 7) is 0.301. The van der Waals surface area contributed by atoms with E-state index in [-0.39, 0.29) is 43.7 Å². The van der Waals surface area contributed by atoms with Gasteiger partial charge in [0.25, 0.3) is 0 Å². The highest BCUT2D eigenvalue weighted by molar-refractivity contribution is 7.13. The quantitative estimate of drug-likeness (QED) is 0.755. The number of aromatic nitrogens is 1. The second kappa shape index (κ2) is 7.39. The number of benzene rings is 1. The lowest BCUT2D eigenvalue weighted by molar-refractivity contribution is -0.125. The standard InChI is InChI=1S/C16H15FN4O3S/c17-11-3-1-2-10(6-11)15-20-12(9-25-15)7-13(22)18-4-5-21-14(23)8-19-16(21)24/h1-3,6,9H,4-5,7-8H2,(H,18,22)(H,19,24). The Morgan fingerprint density at radius 1 is 1.40 bits per heavy atom. The zero-order valence-electron chi connectivity index (χ0n) is 13.1. The van der Waals surface area contributed by atoms with Gasteiger partial charge in [-0.15, -0.1) is 11.3 Å². The summed E-state index contributed by atoms with van der Waals surface area (Å²) in [5.74, 6) is -0.908. The molecule has 0 spiro atoms. The van der Waals surface area contributed by atoms with Crippen molar-refractivity contribution in [3.63, 3.8) is 0 Å². The van der Waals surface area contributed by atoms with Crippen molar-refractivity contribution in [3.8, 4) is 10.6 Å². The molecule has 0 radical (unpaired) electrons. The van der Waals surface area contributed by atoms with Gasteiger partial charge in [0.05, 0.1) is 18.7 Å². The first kappa shape index (κ1) is 17.0. The predicted octanol–water partition coefficient (Wildman–Crippen LogP) is 1.16. The van der Waals surface area contributed by atoms with E-state index in [2.05, 4.69) is 15.6 Å². The van der Waals surface area contributed by atoms with Crippen LogP contribution in [-0.2, 0) is 16.0 Å². The summed E-state index contributed by atoms with van der Waals surface area (Å²) >= 11 is 1.33. The number of halogens is 1. The molecule has 1 aromatic heterocycles. The van der Waals surface area contributed by atoms with Crippen LogP contribution in [0.3, 0.4) is 0 Å². The maximum Gasteiger partial charge on any atom is 0.324 e. The van der Waals surface area contributed by atoms with Gasteiger partial charge in [-0.05, 0) is 12.1 Å². The number of hydrogen-bond acceptors (Lipinski definition) is 5. The Hall–Kier alpha value is -2.81. The predicted molar refractivity (Wildman–Crippen MR) is 89.3 cm³/mol. The molecule has 0 saturated carbocycles. The van der Waals surface area contributed by atoms with E-state index in [4.69, 9.17) is 0 Å². The number of carbonyl (C=O) groups excluding carboxylic acids is 3. The highest BCUT2D eigenvalue weighted by atomic mass is 32.1. The average Bonchev–Trinajstić information content (AvgIpc) is 3.16. The van der Waals surface area contributed by atoms with Gasteiger partial charge >= 0.3 is 6.03 Å². The van der Waals surface area contributed by atoms with Gasteiger partial charge in [-0.3, -0.25) is 14.5 Å². The van der Waals surface area contributed by atoms with E-state index in [1.165, 1.54) is 23.5 Å². The number of amides is 4. The Kier molecular flexibility index (Phi) is 5.03.